The van der Waals surface area contributed by atoms with Crippen LogP contribution in [0.4, 0.5) is 11.4 Å². The summed E-state index contributed by atoms with van der Waals surface area (Å²) in [4.78, 5) is 0. The molecule has 0 aliphatic heterocycles. The molecule has 0 saturated heterocycles. The number of benzene rings is 1. The third-order valence-corrected chi connectivity index (χ3v) is 2.66. The van der Waals surface area contributed by atoms with Crippen molar-refractivity contribution in [3.63, 3.8) is 0 Å². The van der Waals surface area contributed by atoms with Crippen LogP contribution in [-0.4, -0.2) is 36.0 Å². The molecule has 0 aliphatic carbocycles. The Morgan fingerprint density at radius 1 is 1.18 bits per heavy atom. The van der Waals surface area contributed by atoms with E-state index < -0.39 is 0 Å². The molecule has 1 rings (SSSR count). The Hall–Kier alpha value is -1.30. The van der Waals surface area contributed by atoms with Crippen molar-refractivity contribution in [3.05, 3.63) is 23.8 Å². The van der Waals surface area contributed by atoms with Crippen LogP contribution in [0.2, 0.25) is 0 Å². The number of hydrogen-bond acceptors (Lipinski definition) is 5. The van der Waals surface area contributed by atoms with Crippen molar-refractivity contribution < 1.29 is 10.2 Å². The summed E-state index contributed by atoms with van der Waals surface area (Å²) in [6, 6.07) is 5.23. The van der Waals surface area contributed by atoms with Gasteiger partial charge < -0.3 is 27.0 Å². The van der Waals surface area contributed by atoms with Crippen LogP contribution in [0.25, 0.3) is 0 Å². The minimum Gasteiger partial charge on any atom is -0.399 e. The SMILES string of the molecule is Nc1ccc(N)c(CCCNC(CO)CO)c1. The fourth-order valence-corrected chi connectivity index (χ4v) is 1.61. The molecule has 7 N–H and O–H groups in total. The van der Waals surface area contributed by atoms with Crippen LogP contribution in [0.3, 0.4) is 0 Å². The van der Waals surface area contributed by atoms with E-state index in [1.165, 1.54) is 0 Å². The van der Waals surface area contributed by atoms with Gasteiger partial charge in [0, 0.05) is 11.4 Å². The molecule has 5 heteroatoms. The van der Waals surface area contributed by atoms with Crippen LogP contribution < -0.4 is 16.8 Å². The molecule has 0 bridgehead atoms. The van der Waals surface area contributed by atoms with E-state index in [9.17, 15) is 0 Å². The summed E-state index contributed by atoms with van der Waals surface area (Å²) in [5, 5.41) is 20.8. The number of nitrogens with two attached hydrogens (primary N) is 2. The van der Waals surface area contributed by atoms with Gasteiger partial charge in [0.2, 0.25) is 0 Å². The first-order chi connectivity index (χ1) is 8.17. The Balaban J connectivity index is 2.33. The Morgan fingerprint density at radius 2 is 1.88 bits per heavy atom. The molecule has 5 nitrogen and oxygen atoms in total. The first kappa shape index (κ1) is 13.8. The van der Waals surface area contributed by atoms with Gasteiger partial charge >= 0.3 is 0 Å². The van der Waals surface area contributed by atoms with Gasteiger partial charge in [-0.05, 0) is 43.1 Å². The molecule has 0 fully saturated rings. The van der Waals surface area contributed by atoms with Gasteiger partial charge in [-0.1, -0.05) is 0 Å². The number of hydrogen-bond donors (Lipinski definition) is 5. The number of nitrogens with one attached hydrogen (secondary N) is 1. The molecule has 17 heavy (non-hydrogen) atoms. The maximum Gasteiger partial charge on any atom is 0.0607 e. The van der Waals surface area contributed by atoms with Crippen molar-refractivity contribution in [2.75, 3.05) is 31.2 Å². The molecule has 0 radical (unpaired) electrons. The van der Waals surface area contributed by atoms with E-state index in [0.717, 1.165) is 30.6 Å². The second-order valence-electron chi connectivity index (χ2n) is 4.08. The van der Waals surface area contributed by atoms with Gasteiger partial charge in [-0.15, -0.1) is 0 Å². The maximum atomic E-state index is 8.86. The van der Waals surface area contributed by atoms with E-state index in [-0.39, 0.29) is 19.3 Å². The maximum absolute atomic E-state index is 8.86. The van der Waals surface area contributed by atoms with Crippen LogP contribution in [0.1, 0.15) is 12.0 Å². The first-order valence-electron chi connectivity index (χ1n) is 5.76. The standard InChI is InChI=1S/C12H21N3O2/c13-10-3-4-12(14)9(6-10)2-1-5-15-11(7-16)8-17/h3-4,6,11,15-17H,1-2,5,7-8,13-14H2. The minimum absolute atomic E-state index is 0.0586. The Labute approximate surface area is 101 Å². The second kappa shape index (κ2) is 7.11. The minimum atomic E-state index is -0.242. The van der Waals surface area contributed by atoms with Gasteiger partial charge in [-0.2, -0.15) is 0 Å². The summed E-state index contributed by atoms with van der Waals surface area (Å²) in [6.45, 7) is 0.605. The van der Waals surface area contributed by atoms with Gasteiger partial charge in [0.25, 0.3) is 0 Å². The molecule has 0 atom stereocenters. The highest BCUT2D eigenvalue weighted by Gasteiger charge is 2.04. The van der Waals surface area contributed by atoms with Crippen molar-refractivity contribution in [2.24, 2.45) is 0 Å². The average Bonchev–Trinajstić information content (AvgIpc) is 2.33. The predicted molar refractivity (Wildman–Crippen MR) is 69.6 cm³/mol. The van der Waals surface area contributed by atoms with Crippen molar-refractivity contribution in [1.29, 1.82) is 0 Å². The molecule has 0 unspecified atom stereocenters. The molecular formula is C12H21N3O2. The zero-order valence-corrected chi connectivity index (χ0v) is 9.89. The Kier molecular flexibility index (Phi) is 5.76. The van der Waals surface area contributed by atoms with E-state index in [1.54, 1.807) is 6.07 Å². The van der Waals surface area contributed by atoms with Crippen LogP contribution >= 0.6 is 0 Å². The van der Waals surface area contributed by atoms with Crippen molar-refractivity contribution in [1.82, 2.24) is 5.32 Å². The Bertz CT molecular complexity index is 341. The summed E-state index contributed by atoms with van der Waals surface area (Å²) in [7, 11) is 0. The van der Waals surface area contributed by atoms with Crippen molar-refractivity contribution >= 4 is 11.4 Å². The molecule has 0 aliphatic rings. The van der Waals surface area contributed by atoms with Gasteiger partial charge in [-0.25, -0.2) is 0 Å². The average molecular weight is 239 g/mol. The summed E-state index contributed by atoms with van der Waals surface area (Å²) >= 11 is 0. The quantitative estimate of drug-likeness (QED) is 0.333. The summed E-state index contributed by atoms with van der Waals surface area (Å²) in [6.07, 6.45) is 1.71. The smallest absolute Gasteiger partial charge is 0.0607 e. The lowest BCUT2D eigenvalue weighted by molar-refractivity contribution is 0.171. The Morgan fingerprint density at radius 3 is 2.53 bits per heavy atom. The zero-order chi connectivity index (χ0) is 12.7. The van der Waals surface area contributed by atoms with Crippen LogP contribution in [0.15, 0.2) is 18.2 Å². The lowest BCUT2D eigenvalue weighted by Gasteiger charge is -2.13. The lowest BCUT2D eigenvalue weighted by atomic mass is 10.1. The molecule has 1 aromatic rings. The molecule has 0 amide bonds. The molecule has 0 heterocycles. The van der Waals surface area contributed by atoms with Crippen LogP contribution in [0.5, 0.6) is 0 Å². The summed E-state index contributed by atoms with van der Waals surface area (Å²) < 4.78 is 0. The number of anilines is 2. The normalized spacial score (nSPS) is 11.0. The van der Waals surface area contributed by atoms with E-state index >= 15 is 0 Å². The third kappa shape index (κ3) is 4.60. The van der Waals surface area contributed by atoms with Crippen molar-refractivity contribution in [3.8, 4) is 0 Å². The number of aliphatic hydroxyl groups is 2. The van der Waals surface area contributed by atoms with Crippen LogP contribution in [0, 0.1) is 0 Å². The zero-order valence-electron chi connectivity index (χ0n) is 9.89. The second-order valence-corrected chi connectivity index (χ2v) is 4.08. The largest absolute Gasteiger partial charge is 0.399 e. The molecule has 96 valence electrons. The predicted octanol–water partition coefficient (Wildman–Crippen LogP) is -0.274. The number of aryl methyl sites for hydroxylation is 1. The molecule has 0 aromatic heterocycles. The highest BCUT2D eigenvalue weighted by molar-refractivity contribution is 5.55. The molecule has 0 spiro atoms. The number of nitrogen functional groups attached to an aromatic ring is 2. The third-order valence-electron chi connectivity index (χ3n) is 2.66. The lowest BCUT2D eigenvalue weighted by Crippen LogP contribution is -2.36. The summed E-state index contributed by atoms with van der Waals surface area (Å²) in [5.41, 5.74) is 14.0. The topological polar surface area (TPSA) is 105 Å². The van der Waals surface area contributed by atoms with E-state index in [0.29, 0.717) is 5.69 Å². The van der Waals surface area contributed by atoms with Gasteiger partial charge in [0.1, 0.15) is 0 Å². The van der Waals surface area contributed by atoms with Crippen LogP contribution in [-0.2, 0) is 6.42 Å². The fraction of sp³-hybridized carbons (Fsp3) is 0.500. The van der Waals surface area contributed by atoms with Gasteiger partial charge in [0.15, 0.2) is 0 Å². The van der Waals surface area contributed by atoms with E-state index in [1.807, 2.05) is 12.1 Å². The molecule has 0 saturated carbocycles. The first-order valence-corrected chi connectivity index (χ1v) is 5.76. The van der Waals surface area contributed by atoms with E-state index in [2.05, 4.69) is 5.32 Å². The van der Waals surface area contributed by atoms with Gasteiger partial charge in [0.05, 0.1) is 19.3 Å². The fourth-order valence-electron chi connectivity index (χ4n) is 1.61. The van der Waals surface area contributed by atoms with Crippen molar-refractivity contribution in [2.45, 2.75) is 18.9 Å². The highest BCUT2D eigenvalue weighted by atomic mass is 16.3. The monoisotopic (exact) mass is 239 g/mol. The summed E-state index contributed by atoms with van der Waals surface area (Å²) in [5.74, 6) is 0. The number of aliphatic hydroxyl groups excluding tert-OH is 2. The molecular weight excluding hydrogens is 218 g/mol. The van der Waals surface area contributed by atoms with Gasteiger partial charge in [-0.3, -0.25) is 0 Å². The number of rotatable bonds is 7. The highest BCUT2D eigenvalue weighted by Crippen LogP contribution is 2.16. The molecule has 1 aromatic carbocycles. The van der Waals surface area contributed by atoms with E-state index in [4.69, 9.17) is 21.7 Å².